The highest BCUT2D eigenvalue weighted by molar-refractivity contribution is 9.10. The minimum atomic E-state index is -4.65. The molecule has 0 N–H and O–H groups in total. The van der Waals surface area contributed by atoms with E-state index in [-0.39, 0.29) is 0 Å². The summed E-state index contributed by atoms with van der Waals surface area (Å²) in [6.45, 7) is 0. The average molecular weight is 403 g/mol. The number of benzene rings is 2. The Morgan fingerprint density at radius 1 is 0.826 bits per heavy atom. The molecule has 2 rings (SSSR count). The summed E-state index contributed by atoms with van der Waals surface area (Å²) < 4.78 is 95.9. The van der Waals surface area contributed by atoms with Crippen LogP contribution in [-0.4, -0.2) is 0 Å². The molecular formula is C14H6BrF7O. The Morgan fingerprint density at radius 3 is 1.91 bits per heavy atom. The molecule has 2 aromatic carbocycles. The second kappa shape index (κ2) is 6.03. The topological polar surface area (TPSA) is 9.23 Å². The number of ether oxygens (including phenoxy) is 1. The first-order valence-corrected chi connectivity index (χ1v) is 6.70. The van der Waals surface area contributed by atoms with Gasteiger partial charge in [-0.25, -0.2) is 8.78 Å². The van der Waals surface area contributed by atoms with Gasteiger partial charge in [0, 0.05) is 0 Å². The van der Waals surface area contributed by atoms with Gasteiger partial charge in [-0.2, -0.15) is 22.0 Å². The summed E-state index contributed by atoms with van der Waals surface area (Å²) in [6, 6.07) is 3.78. The molecule has 0 saturated carbocycles. The van der Waals surface area contributed by atoms with Crippen LogP contribution in [0.25, 0.3) is 0 Å². The zero-order valence-corrected chi connectivity index (χ0v) is 12.5. The van der Waals surface area contributed by atoms with Gasteiger partial charge in [0.05, 0.1) is 10.0 Å². The van der Waals surface area contributed by atoms with Crippen LogP contribution in [-0.2, 0) is 12.3 Å². The highest BCUT2D eigenvalue weighted by Gasteiger charge is 2.41. The molecule has 0 aliphatic rings. The summed E-state index contributed by atoms with van der Waals surface area (Å²) in [5.41, 5.74) is -2.72. The van der Waals surface area contributed by atoms with E-state index in [2.05, 4.69) is 20.7 Å². The minimum Gasteiger partial charge on any atom is -0.429 e. The van der Waals surface area contributed by atoms with Crippen LogP contribution in [0, 0.1) is 11.6 Å². The van der Waals surface area contributed by atoms with Gasteiger partial charge < -0.3 is 4.74 Å². The van der Waals surface area contributed by atoms with Gasteiger partial charge >= 0.3 is 12.3 Å². The van der Waals surface area contributed by atoms with Crippen molar-refractivity contribution < 1.29 is 35.5 Å². The normalized spacial score (nSPS) is 12.3. The van der Waals surface area contributed by atoms with Crippen molar-refractivity contribution >= 4 is 15.9 Å². The third-order valence-corrected chi connectivity index (χ3v) is 3.38. The van der Waals surface area contributed by atoms with Crippen LogP contribution in [0.2, 0.25) is 0 Å². The Hall–Kier alpha value is -1.77. The molecule has 0 aliphatic carbocycles. The van der Waals surface area contributed by atoms with Crippen molar-refractivity contribution in [3.63, 3.8) is 0 Å². The second-order valence-electron chi connectivity index (χ2n) is 4.36. The van der Waals surface area contributed by atoms with E-state index in [1.54, 1.807) is 0 Å². The van der Waals surface area contributed by atoms with E-state index in [1.165, 1.54) is 0 Å². The molecule has 0 amide bonds. The molecule has 0 aromatic heterocycles. The van der Waals surface area contributed by atoms with Crippen molar-refractivity contribution in [2.24, 2.45) is 0 Å². The maximum Gasteiger partial charge on any atom is 0.432 e. The largest absolute Gasteiger partial charge is 0.432 e. The van der Waals surface area contributed by atoms with Crippen molar-refractivity contribution in [1.82, 2.24) is 0 Å². The van der Waals surface area contributed by atoms with Crippen molar-refractivity contribution in [1.29, 1.82) is 0 Å². The van der Waals surface area contributed by atoms with Gasteiger partial charge in [0.1, 0.15) is 17.1 Å². The molecule has 1 nitrogen and oxygen atoms in total. The number of halogens is 8. The Kier molecular flexibility index (Phi) is 4.61. The molecular weight excluding hydrogens is 397 g/mol. The van der Waals surface area contributed by atoms with Crippen LogP contribution in [0.15, 0.2) is 40.9 Å². The molecule has 2 aromatic rings. The molecule has 23 heavy (non-hydrogen) atoms. The first-order chi connectivity index (χ1) is 10.5. The van der Waals surface area contributed by atoms with Crippen LogP contribution >= 0.6 is 15.9 Å². The standard InChI is InChI=1S/C14H6BrF7O/c15-9-5-6-10(16)11(12(9)17)14(21,22)23-8-3-1-7(2-4-8)13(18,19)20/h1-6H. The van der Waals surface area contributed by atoms with E-state index in [0.717, 1.165) is 6.07 Å². The average Bonchev–Trinajstić information content (AvgIpc) is 2.42. The van der Waals surface area contributed by atoms with Crippen LogP contribution in [0.1, 0.15) is 11.1 Å². The van der Waals surface area contributed by atoms with Gasteiger partial charge in [-0.1, -0.05) is 0 Å². The minimum absolute atomic E-state index is 0.412. The molecule has 0 bridgehead atoms. The molecule has 0 unspecified atom stereocenters. The molecule has 0 aliphatic heterocycles. The van der Waals surface area contributed by atoms with Crippen molar-refractivity contribution in [2.75, 3.05) is 0 Å². The van der Waals surface area contributed by atoms with Crippen LogP contribution < -0.4 is 4.74 Å². The van der Waals surface area contributed by atoms with Crippen molar-refractivity contribution in [3.05, 3.63) is 63.6 Å². The summed E-state index contributed by atoms with van der Waals surface area (Å²) in [7, 11) is 0. The lowest BCUT2D eigenvalue weighted by Gasteiger charge is -2.20. The van der Waals surface area contributed by atoms with Gasteiger partial charge in [0.15, 0.2) is 5.82 Å². The number of hydrogen-bond acceptors (Lipinski definition) is 1. The lowest BCUT2D eigenvalue weighted by molar-refractivity contribution is -0.189. The molecule has 9 heteroatoms. The number of rotatable bonds is 3. The van der Waals surface area contributed by atoms with Gasteiger partial charge in [-0.3, -0.25) is 0 Å². The fourth-order valence-electron chi connectivity index (χ4n) is 1.70. The first-order valence-electron chi connectivity index (χ1n) is 5.90. The molecule has 0 radical (unpaired) electrons. The molecule has 0 spiro atoms. The smallest absolute Gasteiger partial charge is 0.429 e. The quantitative estimate of drug-likeness (QED) is 0.460. The van der Waals surface area contributed by atoms with E-state index in [9.17, 15) is 30.7 Å². The SMILES string of the molecule is Fc1ccc(Br)c(F)c1C(F)(F)Oc1ccc(C(F)(F)F)cc1. The number of alkyl halides is 5. The number of hydrogen-bond donors (Lipinski definition) is 0. The van der Waals surface area contributed by atoms with Crippen LogP contribution in [0.4, 0.5) is 30.7 Å². The van der Waals surface area contributed by atoms with Crippen LogP contribution in [0.3, 0.4) is 0 Å². The van der Waals surface area contributed by atoms with Gasteiger partial charge in [0.25, 0.3) is 0 Å². The summed E-state index contributed by atoms with van der Waals surface area (Å²) in [5.74, 6) is -3.80. The molecule has 0 saturated heterocycles. The summed E-state index contributed by atoms with van der Waals surface area (Å²) >= 11 is 2.63. The lowest BCUT2D eigenvalue weighted by Crippen LogP contribution is -2.25. The first kappa shape index (κ1) is 17.6. The maximum atomic E-state index is 13.9. The second-order valence-corrected chi connectivity index (χ2v) is 5.21. The summed E-state index contributed by atoms with van der Waals surface area (Å²) in [6.07, 6.45) is -9.07. The highest BCUT2D eigenvalue weighted by Crippen LogP contribution is 2.38. The fraction of sp³-hybridized carbons (Fsp3) is 0.143. The van der Waals surface area contributed by atoms with Crippen molar-refractivity contribution in [3.8, 4) is 5.75 Å². The van der Waals surface area contributed by atoms with Crippen LogP contribution in [0.5, 0.6) is 5.75 Å². The maximum absolute atomic E-state index is 13.9. The zero-order valence-electron chi connectivity index (χ0n) is 10.9. The zero-order chi connectivity index (χ0) is 17.4. The van der Waals surface area contributed by atoms with Gasteiger partial charge in [0.2, 0.25) is 0 Å². The van der Waals surface area contributed by atoms with Crippen molar-refractivity contribution in [2.45, 2.75) is 12.3 Å². The van der Waals surface area contributed by atoms with E-state index in [1.807, 2.05) is 0 Å². The lowest BCUT2D eigenvalue weighted by atomic mass is 10.1. The highest BCUT2D eigenvalue weighted by atomic mass is 79.9. The Morgan fingerprint density at radius 2 is 1.39 bits per heavy atom. The summed E-state index contributed by atoms with van der Waals surface area (Å²) in [4.78, 5) is 0. The molecule has 0 fully saturated rings. The third-order valence-electron chi connectivity index (χ3n) is 2.76. The molecule has 0 heterocycles. The summed E-state index contributed by atoms with van der Waals surface area (Å²) in [5, 5.41) is 0. The Bertz CT molecular complexity index is 710. The van der Waals surface area contributed by atoms with E-state index in [4.69, 9.17) is 0 Å². The predicted octanol–water partition coefficient (Wildman–Crippen LogP) is 5.87. The Labute approximate surface area is 133 Å². The van der Waals surface area contributed by atoms with E-state index >= 15 is 0 Å². The Balaban J connectivity index is 2.34. The third kappa shape index (κ3) is 3.77. The molecule has 0 atom stereocenters. The molecule has 124 valence electrons. The predicted molar refractivity (Wildman–Crippen MR) is 70.0 cm³/mol. The monoisotopic (exact) mass is 402 g/mol. The van der Waals surface area contributed by atoms with Gasteiger partial charge in [-0.05, 0) is 52.3 Å². The van der Waals surface area contributed by atoms with E-state index < -0.39 is 45.3 Å². The van der Waals surface area contributed by atoms with Gasteiger partial charge in [-0.15, -0.1) is 0 Å². The van der Waals surface area contributed by atoms with E-state index in [0.29, 0.717) is 30.3 Å². The fourth-order valence-corrected chi connectivity index (χ4v) is 2.04.